The summed E-state index contributed by atoms with van der Waals surface area (Å²) < 4.78 is 0. The van der Waals surface area contributed by atoms with E-state index in [1.807, 2.05) is 0 Å². The molecule has 0 fully saturated rings. The number of anilines is 2. The number of aromatic nitrogens is 2. The van der Waals surface area contributed by atoms with Crippen LogP contribution in [-0.4, -0.2) is 21.0 Å². The summed E-state index contributed by atoms with van der Waals surface area (Å²) in [6, 6.07) is 9.84. The number of aromatic amines is 1. The van der Waals surface area contributed by atoms with Crippen molar-refractivity contribution in [3.05, 3.63) is 62.9 Å². The third kappa shape index (κ3) is 3.02. The number of fused-ring (bicyclic) bond motifs is 1. The van der Waals surface area contributed by atoms with Gasteiger partial charge in [-0.25, -0.2) is 9.78 Å². The molecule has 0 amide bonds. The Labute approximate surface area is 141 Å². The van der Waals surface area contributed by atoms with E-state index in [2.05, 4.69) is 15.3 Å². The van der Waals surface area contributed by atoms with Crippen molar-refractivity contribution in [2.45, 2.75) is 6.54 Å². The number of carbonyl (C=O) groups is 1. The van der Waals surface area contributed by atoms with Crippen LogP contribution in [0.2, 0.25) is 5.02 Å². The number of H-pyrrole nitrogens is 1. The van der Waals surface area contributed by atoms with Crippen LogP contribution < -0.4 is 16.6 Å². The first-order chi connectivity index (χ1) is 11.5. The maximum absolute atomic E-state index is 12.0. The minimum atomic E-state index is -0.974. The second-order valence-corrected chi connectivity index (χ2v) is 5.51. The van der Waals surface area contributed by atoms with Gasteiger partial charge in [-0.05, 0) is 29.8 Å². The second kappa shape index (κ2) is 6.21. The lowest BCUT2D eigenvalue weighted by Crippen LogP contribution is -2.12. The summed E-state index contributed by atoms with van der Waals surface area (Å²) in [5.74, 6) is -0.944. The third-order valence-corrected chi connectivity index (χ3v) is 3.91. The van der Waals surface area contributed by atoms with Crippen LogP contribution in [0.3, 0.4) is 0 Å². The number of nitrogen functional groups attached to an aromatic ring is 1. The first kappa shape index (κ1) is 15.8. The van der Waals surface area contributed by atoms with Gasteiger partial charge in [0.2, 0.25) is 5.95 Å². The summed E-state index contributed by atoms with van der Waals surface area (Å²) in [4.78, 5) is 29.3. The highest BCUT2D eigenvalue weighted by Crippen LogP contribution is 2.28. The fourth-order valence-corrected chi connectivity index (χ4v) is 2.62. The van der Waals surface area contributed by atoms with Crippen LogP contribution in [0.1, 0.15) is 15.9 Å². The summed E-state index contributed by atoms with van der Waals surface area (Å²) in [6.45, 7) is 0.422. The zero-order valence-electron chi connectivity index (χ0n) is 12.3. The zero-order valence-corrected chi connectivity index (χ0v) is 13.1. The van der Waals surface area contributed by atoms with Crippen molar-refractivity contribution in [1.29, 1.82) is 0 Å². The average molecular weight is 345 g/mol. The highest BCUT2D eigenvalue weighted by Gasteiger charge is 2.11. The summed E-state index contributed by atoms with van der Waals surface area (Å²) in [6.07, 6.45) is 0. The number of nitrogens with zero attached hydrogens (tertiary/aromatic N) is 1. The Balaban J connectivity index is 1.86. The third-order valence-electron chi connectivity index (χ3n) is 3.51. The monoisotopic (exact) mass is 344 g/mol. The lowest BCUT2D eigenvalue weighted by molar-refractivity contribution is 0.0697. The molecule has 0 saturated carbocycles. The number of nitrogens with two attached hydrogens (primary N) is 1. The molecular formula is C16H13ClN4O3. The predicted molar refractivity (Wildman–Crippen MR) is 92.5 cm³/mol. The summed E-state index contributed by atoms with van der Waals surface area (Å²) in [5, 5.41) is 12.5. The number of benzene rings is 2. The van der Waals surface area contributed by atoms with Gasteiger partial charge in [0.25, 0.3) is 5.56 Å². The van der Waals surface area contributed by atoms with Crippen LogP contribution in [0.4, 0.5) is 11.6 Å². The molecule has 0 atom stereocenters. The van der Waals surface area contributed by atoms with E-state index in [4.69, 9.17) is 22.4 Å². The quantitative estimate of drug-likeness (QED) is 0.577. The number of halogens is 1. The lowest BCUT2D eigenvalue weighted by atomic mass is 10.1. The van der Waals surface area contributed by atoms with Gasteiger partial charge in [0, 0.05) is 6.54 Å². The first-order valence-electron chi connectivity index (χ1n) is 7.00. The van der Waals surface area contributed by atoms with Gasteiger partial charge in [0.15, 0.2) is 0 Å². The second-order valence-electron chi connectivity index (χ2n) is 5.13. The number of rotatable bonds is 4. The Bertz CT molecular complexity index is 983. The number of carboxylic acid groups (broad SMARTS) is 1. The molecule has 2 aromatic carbocycles. The van der Waals surface area contributed by atoms with E-state index >= 15 is 0 Å². The molecule has 122 valence electrons. The average Bonchev–Trinajstić information content (AvgIpc) is 2.54. The van der Waals surface area contributed by atoms with E-state index in [0.717, 1.165) is 5.56 Å². The minimum Gasteiger partial charge on any atom is -0.478 e. The maximum Gasteiger partial charge on any atom is 0.335 e. The minimum absolute atomic E-state index is 0.0304. The van der Waals surface area contributed by atoms with E-state index in [1.54, 1.807) is 24.3 Å². The molecule has 3 rings (SSSR count). The van der Waals surface area contributed by atoms with Gasteiger partial charge in [-0.1, -0.05) is 23.7 Å². The molecule has 0 spiro atoms. The van der Waals surface area contributed by atoms with E-state index in [1.165, 1.54) is 12.1 Å². The smallest absolute Gasteiger partial charge is 0.335 e. The van der Waals surface area contributed by atoms with E-state index in [9.17, 15) is 9.59 Å². The summed E-state index contributed by atoms with van der Waals surface area (Å²) >= 11 is 6.29. The van der Waals surface area contributed by atoms with Gasteiger partial charge in [-0.15, -0.1) is 0 Å². The summed E-state index contributed by atoms with van der Waals surface area (Å²) in [7, 11) is 0. The van der Waals surface area contributed by atoms with Crippen LogP contribution in [0.15, 0.2) is 41.2 Å². The van der Waals surface area contributed by atoms with Crippen molar-refractivity contribution in [3.63, 3.8) is 0 Å². The Hall–Kier alpha value is -3.06. The van der Waals surface area contributed by atoms with Gasteiger partial charge < -0.3 is 16.2 Å². The Morgan fingerprint density at radius 2 is 1.96 bits per heavy atom. The number of nitrogens with one attached hydrogen (secondary N) is 2. The maximum atomic E-state index is 12.0. The molecule has 24 heavy (non-hydrogen) atoms. The fourth-order valence-electron chi connectivity index (χ4n) is 2.31. The Kier molecular flexibility index (Phi) is 4.09. The molecule has 0 unspecified atom stereocenters. The van der Waals surface area contributed by atoms with Crippen molar-refractivity contribution < 1.29 is 9.90 Å². The number of aromatic carboxylic acids is 1. The number of carboxylic acids is 1. The molecule has 5 N–H and O–H groups in total. The fraction of sp³-hybridized carbons (Fsp3) is 0.0625. The zero-order chi connectivity index (χ0) is 17.3. The van der Waals surface area contributed by atoms with Gasteiger partial charge in [0.05, 0.1) is 27.2 Å². The van der Waals surface area contributed by atoms with E-state index < -0.39 is 11.5 Å². The molecule has 0 radical (unpaired) electrons. The Morgan fingerprint density at radius 1 is 1.25 bits per heavy atom. The van der Waals surface area contributed by atoms with Crippen LogP contribution in [-0.2, 0) is 6.54 Å². The molecule has 0 bridgehead atoms. The lowest BCUT2D eigenvalue weighted by Gasteiger charge is -2.10. The molecule has 1 heterocycles. The van der Waals surface area contributed by atoms with E-state index in [-0.39, 0.29) is 21.9 Å². The van der Waals surface area contributed by atoms with Crippen LogP contribution in [0.5, 0.6) is 0 Å². The largest absolute Gasteiger partial charge is 0.478 e. The topological polar surface area (TPSA) is 121 Å². The first-order valence-corrected chi connectivity index (χ1v) is 7.37. The molecule has 1 aromatic heterocycles. The summed E-state index contributed by atoms with van der Waals surface area (Å²) in [5.41, 5.74) is 7.19. The van der Waals surface area contributed by atoms with Crippen LogP contribution in [0, 0.1) is 0 Å². The molecule has 7 nitrogen and oxygen atoms in total. The van der Waals surface area contributed by atoms with Gasteiger partial charge >= 0.3 is 5.97 Å². The molecule has 8 heteroatoms. The van der Waals surface area contributed by atoms with Crippen molar-refractivity contribution in [3.8, 4) is 0 Å². The standard InChI is InChI=1S/C16H13ClN4O3/c17-13-11(6-5-10-12(13)14(22)21-16(18)20-10)19-7-8-1-3-9(4-2-8)15(23)24/h1-6,19H,7H2,(H,23,24)(H3,18,20,21,22). The normalized spacial score (nSPS) is 10.7. The number of hydrogen-bond acceptors (Lipinski definition) is 5. The molecule has 0 aliphatic heterocycles. The van der Waals surface area contributed by atoms with Gasteiger partial charge in [-0.3, -0.25) is 9.78 Å². The molecule has 0 aliphatic carbocycles. The van der Waals surface area contributed by atoms with Crippen molar-refractivity contribution in [2.24, 2.45) is 0 Å². The number of hydrogen-bond donors (Lipinski definition) is 4. The van der Waals surface area contributed by atoms with Gasteiger partial charge in [0.1, 0.15) is 0 Å². The highest BCUT2D eigenvalue weighted by atomic mass is 35.5. The molecule has 0 aliphatic rings. The predicted octanol–water partition coefficient (Wildman–Crippen LogP) is 2.47. The van der Waals surface area contributed by atoms with Crippen molar-refractivity contribution in [2.75, 3.05) is 11.1 Å². The molecular weight excluding hydrogens is 332 g/mol. The van der Waals surface area contributed by atoms with E-state index in [0.29, 0.717) is 17.7 Å². The highest BCUT2D eigenvalue weighted by molar-refractivity contribution is 6.38. The van der Waals surface area contributed by atoms with Crippen molar-refractivity contribution in [1.82, 2.24) is 9.97 Å². The molecule has 3 aromatic rings. The van der Waals surface area contributed by atoms with Crippen molar-refractivity contribution >= 4 is 40.1 Å². The van der Waals surface area contributed by atoms with Crippen LogP contribution >= 0.6 is 11.6 Å². The van der Waals surface area contributed by atoms with Crippen LogP contribution in [0.25, 0.3) is 10.9 Å². The Morgan fingerprint density at radius 3 is 2.62 bits per heavy atom. The molecule has 0 saturated heterocycles. The van der Waals surface area contributed by atoms with Gasteiger partial charge in [-0.2, -0.15) is 0 Å². The SMILES string of the molecule is Nc1nc2ccc(NCc3ccc(C(=O)O)cc3)c(Cl)c2c(=O)[nH]1.